The third-order valence-electron chi connectivity index (χ3n) is 6.67. The van der Waals surface area contributed by atoms with E-state index in [1.807, 2.05) is 72.8 Å². The fraction of sp³-hybridized carbons (Fsp3) is 0.229. The van der Waals surface area contributed by atoms with Crippen LogP contribution in [0.25, 0.3) is 10.8 Å². The lowest BCUT2D eigenvalue weighted by Gasteiger charge is -2.32. The fourth-order valence-corrected chi connectivity index (χ4v) is 4.66. The maximum atomic E-state index is 14.1. The molecule has 0 aliphatic rings. The van der Waals surface area contributed by atoms with E-state index in [-0.39, 0.29) is 6.42 Å². The van der Waals surface area contributed by atoms with Gasteiger partial charge in [0.1, 0.15) is 17.7 Å². The molecule has 7 nitrogen and oxygen atoms in total. The number of carbonyl (C=O) groups is 3. The van der Waals surface area contributed by atoms with E-state index in [0.29, 0.717) is 16.8 Å². The molecule has 7 heteroatoms. The van der Waals surface area contributed by atoms with Gasteiger partial charge in [0.2, 0.25) is 5.91 Å². The van der Waals surface area contributed by atoms with Crippen LogP contribution >= 0.6 is 0 Å². The quantitative estimate of drug-likeness (QED) is 0.255. The van der Waals surface area contributed by atoms with Crippen molar-refractivity contribution in [3.63, 3.8) is 0 Å². The molecule has 0 radical (unpaired) electrons. The van der Waals surface area contributed by atoms with Gasteiger partial charge in [-0.25, -0.2) is 4.79 Å². The van der Waals surface area contributed by atoms with Crippen molar-refractivity contribution in [3.05, 3.63) is 114 Å². The molecule has 0 aliphatic heterocycles. The number of likely N-dealkylation sites (N-methyl/N-ethyl adjacent to an activating group) is 1. The molecule has 214 valence electrons. The number of terminal acetylenes is 1. The molecule has 0 aliphatic carbocycles. The molecule has 2 atom stereocenters. The molecular weight excluding hydrogens is 526 g/mol. The molecule has 0 aromatic heterocycles. The van der Waals surface area contributed by atoms with Crippen LogP contribution in [0.1, 0.15) is 43.5 Å². The number of hydrogen-bond acceptors (Lipinski definition) is 4. The normalized spacial score (nSPS) is 12.5. The fourth-order valence-electron chi connectivity index (χ4n) is 4.66. The van der Waals surface area contributed by atoms with Crippen LogP contribution in [0.3, 0.4) is 0 Å². The summed E-state index contributed by atoms with van der Waals surface area (Å²) in [6, 6.07) is 27.7. The van der Waals surface area contributed by atoms with Gasteiger partial charge in [-0.05, 0) is 66.9 Å². The monoisotopic (exact) mass is 561 g/mol. The Morgan fingerprint density at radius 1 is 0.881 bits per heavy atom. The minimum Gasteiger partial charge on any atom is -0.444 e. The molecule has 2 unspecified atom stereocenters. The topological polar surface area (TPSA) is 87.7 Å². The van der Waals surface area contributed by atoms with Gasteiger partial charge < -0.3 is 20.3 Å². The average molecular weight is 562 g/mol. The molecule has 4 rings (SSSR count). The summed E-state index contributed by atoms with van der Waals surface area (Å²) >= 11 is 0. The molecular formula is C35H35N3O4. The molecule has 42 heavy (non-hydrogen) atoms. The van der Waals surface area contributed by atoms with Gasteiger partial charge in [-0.15, -0.1) is 6.42 Å². The Morgan fingerprint density at radius 2 is 1.52 bits per heavy atom. The third-order valence-corrected chi connectivity index (χ3v) is 6.67. The zero-order valence-corrected chi connectivity index (χ0v) is 24.3. The van der Waals surface area contributed by atoms with Gasteiger partial charge in [0.25, 0.3) is 5.91 Å². The van der Waals surface area contributed by atoms with Gasteiger partial charge in [-0.3, -0.25) is 9.59 Å². The number of carbonyl (C=O) groups excluding carboxylic acids is 3. The number of alkyl carbamates (subject to hydrolysis) is 1. The predicted octanol–water partition coefficient (Wildman–Crippen LogP) is 6.10. The summed E-state index contributed by atoms with van der Waals surface area (Å²) in [5.74, 6) is 1.71. The number of nitrogens with one attached hydrogen (secondary N) is 2. The van der Waals surface area contributed by atoms with Crippen LogP contribution in [0.2, 0.25) is 0 Å². The van der Waals surface area contributed by atoms with Crippen molar-refractivity contribution in [2.24, 2.45) is 0 Å². The minimum absolute atomic E-state index is 0.207. The number of anilines is 1. The zero-order chi connectivity index (χ0) is 30.3. The molecule has 4 aromatic rings. The largest absolute Gasteiger partial charge is 0.444 e. The highest BCUT2D eigenvalue weighted by molar-refractivity contribution is 6.00. The Kier molecular flexibility index (Phi) is 9.28. The number of amides is 3. The van der Waals surface area contributed by atoms with Gasteiger partial charge >= 0.3 is 6.09 Å². The first kappa shape index (κ1) is 29.9. The zero-order valence-electron chi connectivity index (χ0n) is 24.3. The number of benzene rings is 4. The lowest BCUT2D eigenvalue weighted by Crippen LogP contribution is -2.52. The van der Waals surface area contributed by atoms with Crippen LogP contribution in [0.15, 0.2) is 97.1 Å². The van der Waals surface area contributed by atoms with Crippen molar-refractivity contribution in [3.8, 4) is 12.3 Å². The lowest BCUT2D eigenvalue weighted by atomic mass is 10.00. The van der Waals surface area contributed by atoms with E-state index in [2.05, 4.69) is 16.6 Å². The number of nitrogens with zero attached hydrogens (tertiary/aromatic N) is 1. The highest BCUT2D eigenvalue weighted by Gasteiger charge is 2.34. The molecule has 0 saturated carbocycles. The number of fused-ring (bicyclic) bond motifs is 1. The Balaban J connectivity index is 1.66. The van der Waals surface area contributed by atoms with Gasteiger partial charge in [0, 0.05) is 24.7 Å². The first-order valence-electron chi connectivity index (χ1n) is 13.7. The molecule has 0 heterocycles. The van der Waals surface area contributed by atoms with Gasteiger partial charge in [0.15, 0.2) is 0 Å². The summed E-state index contributed by atoms with van der Waals surface area (Å²) in [5.41, 5.74) is 1.90. The van der Waals surface area contributed by atoms with E-state index >= 15 is 0 Å². The maximum absolute atomic E-state index is 14.1. The molecule has 0 spiro atoms. The van der Waals surface area contributed by atoms with Crippen molar-refractivity contribution < 1.29 is 19.1 Å². The number of ether oxygens (including phenoxy) is 1. The summed E-state index contributed by atoms with van der Waals surface area (Å²) in [6.07, 6.45) is 5.03. The van der Waals surface area contributed by atoms with Crippen LogP contribution in [0.4, 0.5) is 10.5 Å². The minimum atomic E-state index is -1.02. The van der Waals surface area contributed by atoms with E-state index in [1.165, 1.54) is 4.90 Å². The van der Waals surface area contributed by atoms with E-state index in [1.54, 1.807) is 52.1 Å². The van der Waals surface area contributed by atoms with Crippen LogP contribution in [0.5, 0.6) is 0 Å². The van der Waals surface area contributed by atoms with Gasteiger partial charge in [0.05, 0.1) is 0 Å². The predicted molar refractivity (Wildman–Crippen MR) is 166 cm³/mol. The molecule has 0 fully saturated rings. The van der Waals surface area contributed by atoms with Crippen molar-refractivity contribution >= 4 is 34.4 Å². The summed E-state index contributed by atoms with van der Waals surface area (Å²) in [7, 11) is 1.55. The van der Waals surface area contributed by atoms with Crippen molar-refractivity contribution in [1.29, 1.82) is 0 Å². The molecule has 4 aromatic carbocycles. The van der Waals surface area contributed by atoms with E-state index in [4.69, 9.17) is 11.2 Å². The summed E-state index contributed by atoms with van der Waals surface area (Å²) in [4.78, 5) is 42.1. The van der Waals surface area contributed by atoms with Crippen molar-refractivity contribution in [2.75, 3.05) is 12.4 Å². The molecule has 0 bridgehead atoms. The summed E-state index contributed by atoms with van der Waals surface area (Å²) < 4.78 is 5.45. The third kappa shape index (κ3) is 7.76. The Labute approximate surface area is 246 Å². The highest BCUT2D eigenvalue weighted by atomic mass is 16.6. The Bertz CT molecular complexity index is 1600. The molecule has 0 saturated heterocycles. The van der Waals surface area contributed by atoms with E-state index < -0.39 is 35.6 Å². The second-order valence-corrected chi connectivity index (χ2v) is 11.1. The Morgan fingerprint density at radius 3 is 2.17 bits per heavy atom. The van der Waals surface area contributed by atoms with Gasteiger partial charge in [-0.1, -0.05) is 78.7 Å². The smallest absolute Gasteiger partial charge is 0.408 e. The van der Waals surface area contributed by atoms with Crippen molar-refractivity contribution in [2.45, 2.75) is 44.9 Å². The molecule has 2 N–H and O–H groups in total. The van der Waals surface area contributed by atoms with E-state index in [0.717, 1.165) is 16.3 Å². The van der Waals surface area contributed by atoms with Crippen molar-refractivity contribution in [1.82, 2.24) is 10.2 Å². The SMILES string of the molecule is C#Cc1ccc(C(C(=O)Nc2ccc3ccccc3c2)N(C)C(=O)C(Cc2ccccc2)NC(=O)OC(C)(C)C)cc1. The summed E-state index contributed by atoms with van der Waals surface area (Å²) in [6.45, 7) is 5.25. The second kappa shape index (κ2) is 13.0. The summed E-state index contributed by atoms with van der Waals surface area (Å²) in [5, 5.41) is 7.71. The lowest BCUT2D eigenvalue weighted by molar-refractivity contribution is -0.139. The highest BCUT2D eigenvalue weighted by Crippen LogP contribution is 2.26. The van der Waals surface area contributed by atoms with Gasteiger partial charge in [-0.2, -0.15) is 0 Å². The first-order chi connectivity index (χ1) is 20.0. The van der Waals surface area contributed by atoms with E-state index in [9.17, 15) is 14.4 Å². The van der Waals surface area contributed by atoms with Crippen LogP contribution in [-0.2, 0) is 20.7 Å². The average Bonchev–Trinajstić information content (AvgIpc) is 2.96. The standard InChI is InChI=1S/C35H35N3O4/c1-6-24-16-18-27(19-17-24)31(32(39)36-29-21-20-26-14-10-11-15-28(26)23-29)38(5)33(40)30(22-25-12-8-7-9-13-25)37-34(41)42-35(2,3)4/h1,7-21,23,30-31H,22H2,2-5H3,(H,36,39)(H,37,41). The van der Waals surface area contributed by atoms with Crippen LogP contribution in [-0.4, -0.2) is 41.5 Å². The number of hydrogen-bond donors (Lipinski definition) is 2. The first-order valence-corrected chi connectivity index (χ1v) is 13.7. The van der Waals surface area contributed by atoms with Crippen LogP contribution in [0, 0.1) is 12.3 Å². The number of rotatable bonds is 8. The Hall–Kier alpha value is -5.09. The second-order valence-electron chi connectivity index (χ2n) is 11.1. The van der Waals surface area contributed by atoms with Crippen LogP contribution < -0.4 is 10.6 Å². The maximum Gasteiger partial charge on any atom is 0.408 e. The molecule has 3 amide bonds.